The number of hydrogen-bond donors (Lipinski definition) is 3. The van der Waals surface area contributed by atoms with Gasteiger partial charge in [0.05, 0.1) is 6.54 Å². The van der Waals surface area contributed by atoms with Gasteiger partial charge < -0.3 is 16.0 Å². The molecule has 1 fully saturated rings. The first-order valence-electron chi connectivity index (χ1n) is 10.7. The molecule has 164 valence electrons. The fraction of sp³-hybridized carbons (Fsp3) is 0.250. The van der Waals surface area contributed by atoms with Crippen LogP contribution in [-0.4, -0.2) is 52.6 Å². The van der Waals surface area contributed by atoms with E-state index in [0.717, 1.165) is 31.6 Å². The number of carbonyl (C=O) groups is 2. The average Bonchev–Trinajstić information content (AvgIpc) is 2.82. The second-order valence-electron chi connectivity index (χ2n) is 7.73. The number of hydrogen-bond acceptors (Lipinski definition) is 6. The maximum atomic E-state index is 12.3. The van der Waals surface area contributed by atoms with Crippen molar-refractivity contribution in [2.45, 2.75) is 18.9 Å². The van der Waals surface area contributed by atoms with Gasteiger partial charge in [-0.3, -0.25) is 14.5 Å². The molecule has 4 rings (SSSR count). The maximum absolute atomic E-state index is 12.3. The summed E-state index contributed by atoms with van der Waals surface area (Å²) < 4.78 is 0. The van der Waals surface area contributed by atoms with Crippen molar-refractivity contribution in [1.29, 1.82) is 0 Å². The molecule has 0 aliphatic carbocycles. The van der Waals surface area contributed by atoms with Crippen LogP contribution < -0.4 is 16.0 Å². The lowest BCUT2D eigenvalue weighted by Gasteiger charge is -2.32. The first kappa shape index (κ1) is 21.5. The second kappa shape index (κ2) is 10.5. The van der Waals surface area contributed by atoms with Crippen molar-refractivity contribution < 1.29 is 9.59 Å². The molecule has 0 radical (unpaired) electrons. The van der Waals surface area contributed by atoms with Gasteiger partial charge >= 0.3 is 0 Å². The summed E-state index contributed by atoms with van der Waals surface area (Å²) in [4.78, 5) is 26.7. The second-order valence-corrected chi connectivity index (χ2v) is 7.73. The zero-order chi connectivity index (χ0) is 22.2. The number of nitrogens with one attached hydrogen (secondary N) is 3. The molecule has 8 heteroatoms. The zero-order valence-electron chi connectivity index (χ0n) is 17.7. The Balaban J connectivity index is 1.21. The van der Waals surface area contributed by atoms with Crippen LogP contribution in [0, 0.1) is 0 Å². The minimum Gasteiger partial charge on any atom is -0.366 e. The number of para-hydroxylation sites is 2. The zero-order valence-corrected chi connectivity index (χ0v) is 17.7. The molecule has 0 atom stereocenters. The number of anilines is 3. The molecule has 32 heavy (non-hydrogen) atoms. The summed E-state index contributed by atoms with van der Waals surface area (Å²) in [6.45, 7) is 2.03. The van der Waals surface area contributed by atoms with Crippen LogP contribution in [-0.2, 0) is 4.79 Å². The number of piperidine rings is 1. The van der Waals surface area contributed by atoms with Gasteiger partial charge in [-0.25, -0.2) is 0 Å². The minimum atomic E-state index is -0.294. The molecule has 0 unspecified atom stereocenters. The van der Waals surface area contributed by atoms with E-state index in [1.54, 1.807) is 12.1 Å². The normalized spacial score (nSPS) is 14.5. The van der Waals surface area contributed by atoms with Gasteiger partial charge in [0, 0.05) is 30.5 Å². The number of nitrogens with zero attached hydrogens (tertiary/aromatic N) is 3. The number of aromatic nitrogens is 2. The fourth-order valence-electron chi connectivity index (χ4n) is 3.62. The molecule has 1 saturated heterocycles. The van der Waals surface area contributed by atoms with E-state index in [2.05, 4.69) is 31.0 Å². The lowest BCUT2D eigenvalue weighted by atomic mass is 10.1. The van der Waals surface area contributed by atoms with Crippen molar-refractivity contribution >= 4 is 29.0 Å². The van der Waals surface area contributed by atoms with Crippen LogP contribution in [0.15, 0.2) is 72.8 Å². The summed E-state index contributed by atoms with van der Waals surface area (Å²) in [5.41, 5.74) is 1.79. The van der Waals surface area contributed by atoms with Gasteiger partial charge in [-0.15, -0.1) is 10.2 Å². The summed E-state index contributed by atoms with van der Waals surface area (Å²) in [5.74, 6) is 0.344. The number of rotatable bonds is 7. The molecule has 3 N–H and O–H groups in total. The Kier molecular flexibility index (Phi) is 7.04. The molecule has 0 saturated carbocycles. The third-order valence-electron chi connectivity index (χ3n) is 5.29. The summed E-state index contributed by atoms with van der Waals surface area (Å²) in [6, 6.07) is 22.4. The van der Waals surface area contributed by atoms with Crippen molar-refractivity contribution in [3.05, 3.63) is 78.5 Å². The van der Waals surface area contributed by atoms with Crippen LogP contribution in [0.2, 0.25) is 0 Å². The topological polar surface area (TPSA) is 99.3 Å². The summed E-state index contributed by atoms with van der Waals surface area (Å²) in [7, 11) is 0. The van der Waals surface area contributed by atoms with E-state index in [1.165, 1.54) is 0 Å². The Hall–Kier alpha value is -3.78. The fourth-order valence-corrected chi connectivity index (χ4v) is 3.62. The molecule has 2 heterocycles. The summed E-state index contributed by atoms with van der Waals surface area (Å²) in [6.07, 6.45) is 1.80. The highest BCUT2D eigenvalue weighted by Crippen LogP contribution is 2.16. The van der Waals surface area contributed by atoms with E-state index in [1.807, 2.05) is 60.7 Å². The van der Waals surface area contributed by atoms with Crippen LogP contribution in [0.4, 0.5) is 17.2 Å². The van der Waals surface area contributed by atoms with E-state index < -0.39 is 0 Å². The number of carbonyl (C=O) groups excluding carboxylic acids is 2. The number of benzene rings is 2. The van der Waals surface area contributed by atoms with E-state index in [4.69, 9.17) is 0 Å². The molecular formula is C24H26N6O2. The average molecular weight is 431 g/mol. The van der Waals surface area contributed by atoms with Gasteiger partial charge in [-0.2, -0.15) is 0 Å². The molecule has 1 aliphatic heterocycles. The molecule has 8 nitrogen and oxygen atoms in total. The van der Waals surface area contributed by atoms with Crippen molar-refractivity contribution in [1.82, 2.24) is 15.1 Å². The van der Waals surface area contributed by atoms with E-state index in [0.29, 0.717) is 18.1 Å². The van der Waals surface area contributed by atoms with Crippen molar-refractivity contribution in [3.63, 3.8) is 0 Å². The third kappa shape index (κ3) is 6.12. The highest BCUT2D eigenvalue weighted by Gasteiger charge is 2.21. The Morgan fingerprint density at radius 2 is 1.44 bits per heavy atom. The van der Waals surface area contributed by atoms with Gasteiger partial charge in [0.1, 0.15) is 5.82 Å². The molecule has 1 aromatic heterocycles. The Morgan fingerprint density at radius 3 is 2.03 bits per heavy atom. The largest absolute Gasteiger partial charge is 0.366 e. The SMILES string of the molecule is O=C(CN1CCC(Nc2ccc(C(=O)Nc3ccccc3)nn2)CC1)Nc1ccccc1. The smallest absolute Gasteiger partial charge is 0.276 e. The number of likely N-dealkylation sites (tertiary alicyclic amines) is 1. The Labute approximate surface area is 187 Å². The van der Waals surface area contributed by atoms with Gasteiger partial charge in [-0.05, 0) is 49.2 Å². The molecule has 2 aromatic carbocycles. The monoisotopic (exact) mass is 430 g/mol. The standard InChI is InChI=1S/C24H26N6O2/c31-23(26-18-7-3-1-4-8-18)17-30-15-13-20(14-16-30)25-22-12-11-21(28-29-22)24(32)27-19-9-5-2-6-10-19/h1-12,20H,13-17H2,(H,25,29)(H,26,31)(H,27,32). The van der Waals surface area contributed by atoms with Gasteiger partial charge in [0.2, 0.25) is 5.91 Å². The quantitative estimate of drug-likeness (QED) is 0.532. The van der Waals surface area contributed by atoms with Crippen molar-refractivity contribution in [2.24, 2.45) is 0 Å². The van der Waals surface area contributed by atoms with Crippen molar-refractivity contribution in [3.8, 4) is 0 Å². The van der Waals surface area contributed by atoms with Crippen LogP contribution in [0.25, 0.3) is 0 Å². The summed E-state index contributed by atoms with van der Waals surface area (Å²) in [5, 5.41) is 17.3. The van der Waals surface area contributed by atoms with Gasteiger partial charge in [-0.1, -0.05) is 36.4 Å². The maximum Gasteiger partial charge on any atom is 0.276 e. The number of amides is 2. The van der Waals surface area contributed by atoms with Crippen molar-refractivity contribution in [2.75, 3.05) is 35.6 Å². The van der Waals surface area contributed by atoms with Crippen LogP contribution >= 0.6 is 0 Å². The Bertz CT molecular complexity index is 1020. The highest BCUT2D eigenvalue weighted by molar-refractivity contribution is 6.02. The predicted molar refractivity (Wildman–Crippen MR) is 125 cm³/mol. The molecular weight excluding hydrogens is 404 g/mol. The van der Waals surface area contributed by atoms with Gasteiger partial charge in [0.15, 0.2) is 5.69 Å². The molecule has 1 aliphatic rings. The molecule has 0 bridgehead atoms. The van der Waals surface area contributed by atoms with Crippen LogP contribution in [0.1, 0.15) is 23.3 Å². The Morgan fingerprint density at radius 1 is 0.812 bits per heavy atom. The lowest BCUT2D eigenvalue weighted by molar-refractivity contribution is -0.117. The lowest BCUT2D eigenvalue weighted by Crippen LogP contribution is -2.42. The third-order valence-corrected chi connectivity index (χ3v) is 5.29. The van der Waals surface area contributed by atoms with E-state index in [-0.39, 0.29) is 23.6 Å². The van der Waals surface area contributed by atoms with E-state index >= 15 is 0 Å². The van der Waals surface area contributed by atoms with Crippen LogP contribution in [0.3, 0.4) is 0 Å². The molecule has 3 aromatic rings. The first-order chi connectivity index (χ1) is 15.7. The predicted octanol–water partition coefficient (Wildman–Crippen LogP) is 3.24. The molecule has 0 spiro atoms. The highest BCUT2D eigenvalue weighted by atomic mass is 16.2. The minimum absolute atomic E-state index is 0.00200. The van der Waals surface area contributed by atoms with E-state index in [9.17, 15) is 9.59 Å². The van der Waals surface area contributed by atoms with Gasteiger partial charge in [0.25, 0.3) is 5.91 Å². The first-order valence-corrected chi connectivity index (χ1v) is 10.7. The summed E-state index contributed by atoms with van der Waals surface area (Å²) >= 11 is 0. The van der Waals surface area contributed by atoms with Crippen LogP contribution in [0.5, 0.6) is 0 Å². The molecule has 2 amide bonds.